The van der Waals surface area contributed by atoms with Crippen LogP contribution < -0.4 is 10.6 Å². The first-order valence-corrected chi connectivity index (χ1v) is 8.08. The van der Waals surface area contributed by atoms with Gasteiger partial charge in [-0.05, 0) is 32.6 Å². The first kappa shape index (κ1) is 18.2. The van der Waals surface area contributed by atoms with E-state index in [1.807, 2.05) is 6.92 Å². The van der Waals surface area contributed by atoms with Gasteiger partial charge in [0, 0.05) is 46.6 Å². The average molecular weight is 301 g/mol. The molecule has 0 bridgehead atoms. The summed E-state index contributed by atoms with van der Waals surface area (Å²) in [5.74, 6) is 0.857. The monoisotopic (exact) mass is 301 g/mol. The molecule has 0 spiro atoms. The van der Waals surface area contributed by atoms with Gasteiger partial charge in [-0.3, -0.25) is 4.99 Å². The zero-order valence-electron chi connectivity index (χ0n) is 13.5. The van der Waals surface area contributed by atoms with Crippen LogP contribution in [0.2, 0.25) is 0 Å². The van der Waals surface area contributed by atoms with E-state index in [1.54, 1.807) is 7.05 Å². The van der Waals surface area contributed by atoms with Crippen LogP contribution in [0.1, 0.15) is 32.6 Å². The Morgan fingerprint density at radius 2 is 2.00 bits per heavy atom. The van der Waals surface area contributed by atoms with Gasteiger partial charge in [-0.15, -0.1) is 0 Å². The average Bonchev–Trinajstić information content (AvgIpc) is 3.01. The van der Waals surface area contributed by atoms with Crippen LogP contribution in [0.15, 0.2) is 4.99 Å². The Morgan fingerprint density at radius 3 is 2.67 bits per heavy atom. The van der Waals surface area contributed by atoms with Crippen molar-refractivity contribution >= 4 is 5.96 Å². The van der Waals surface area contributed by atoms with E-state index in [2.05, 4.69) is 15.6 Å². The molecule has 1 atom stereocenters. The number of rotatable bonds is 11. The predicted molar refractivity (Wildman–Crippen MR) is 84.9 cm³/mol. The van der Waals surface area contributed by atoms with Gasteiger partial charge in [-0.2, -0.15) is 0 Å². The number of unbranched alkanes of at least 4 members (excludes halogenated alkanes) is 1. The van der Waals surface area contributed by atoms with Gasteiger partial charge in [0.1, 0.15) is 0 Å². The summed E-state index contributed by atoms with van der Waals surface area (Å²) in [7, 11) is 1.79. The molecule has 1 rings (SSSR count). The number of hydrogen-bond acceptors (Lipinski definition) is 4. The Labute approximate surface area is 128 Å². The van der Waals surface area contributed by atoms with Gasteiger partial charge in [0.05, 0.1) is 12.7 Å². The summed E-state index contributed by atoms with van der Waals surface area (Å²) in [6, 6.07) is 0. The molecule has 6 heteroatoms. The fraction of sp³-hybridized carbons (Fsp3) is 0.933. The van der Waals surface area contributed by atoms with Crippen molar-refractivity contribution in [2.75, 3.05) is 53.2 Å². The minimum atomic E-state index is 0.299. The van der Waals surface area contributed by atoms with Crippen molar-refractivity contribution in [2.24, 2.45) is 4.99 Å². The van der Waals surface area contributed by atoms with Gasteiger partial charge >= 0.3 is 0 Å². The molecule has 0 aromatic rings. The molecule has 1 unspecified atom stereocenters. The maximum absolute atomic E-state index is 5.72. The van der Waals surface area contributed by atoms with Crippen LogP contribution in [0.5, 0.6) is 0 Å². The summed E-state index contributed by atoms with van der Waals surface area (Å²) in [5.41, 5.74) is 0. The van der Waals surface area contributed by atoms with Gasteiger partial charge in [0.2, 0.25) is 0 Å². The van der Waals surface area contributed by atoms with Crippen molar-refractivity contribution in [3.05, 3.63) is 0 Å². The maximum atomic E-state index is 5.72. The van der Waals surface area contributed by atoms with Crippen molar-refractivity contribution < 1.29 is 14.2 Å². The molecular formula is C15H31N3O3. The second-order valence-corrected chi connectivity index (χ2v) is 5.04. The fourth-order valence-corrected chi connectivity index (χ4v) is 2.07. The lowest BCUT2D eigenvalue weighted by Crippen LogP contribution is -2.38. The van der Waals surface area contributed by atoms with E-state index in [9.17, 15) is 0 Å². The maximum Gasteiger partial charge on any atom is 0.190 e. The number of nitrogens with zero attached hydrogens (tertiary/aromatic N) is 1. The minimum absolute atomic E-state index is 0.299. The van der Waals surface area contributed by atoms with E-state index in [0.717, 1.165) is 77.8 Å². The van der Waals surface area contributed by atoms with Gasteiger partial charge in [-0.1, -0.05) is 0 Å². The highest BCUT2D eigenvalue weighted by Crippen LogP contribution is 2.07. The molecule has 0 amide bonds. The summed E-state index contributed by atoms with van der Waals surface area (Å²) in [5, 5.41) is 6.59. The third-order valence-corrected chi connectivity index (χ3v) is 3.29. The highest BCUT2D eigenvalue weighted by Gasteiger charge is 2.15. The molecule has 0 aliphatic carbocycles. The Morgan fingerprint density at radius 1 is 1.19 bits per heavy atom. The quantitative estimate of drug-likeness (QED) is 0.341. The lowest BCUT2D eigenvalue weighted by molar-refractivity contribution is 0.0420. The van der Waals surface area contributed by atoms with E-state index in [-0.39, 0.29) is 0 Å². The molecule has 21 heavy (non-hydrogen) atoms. The van der Waals surface area contributed by atoms with Crippen molar-refractivity contribution in [3.63, 3.8) is 0 Å². The fourth-order valence-electron chi connectivity index (χ4n) is 2.07. The molecule has 2 N–H and O–H groups in total. The van der Waals surface area contributed by atoms with E-state index >= 15 is 0 Å². The van der Waals surface area contributed by atoms with Crippen molar-refractivity contribution in [2.45, 2.75) is 38.7 Å². The summed E-state index contributed by atoms with van der Waals surface area (Å²) < 4.78 is 16.3. The highest BCUT2D eigenvalue weighted by molar-refractivity contribution is 5.79. The molecule has 1 aliphatic heterocycles. The molecular weight excluding hydrogens is 270 g/mol. The lowest BCUT2D eigenvalue weighted by Gasteiger charge is -2.13. The second-order valence-electron chi connectivity index (χ2n) is 5.04. The molecule has 1 saturated heterocycles. The van der Waals surface area contributed by atoms with Crippen molar-refractivity contribution in [1.29, 1.82) is 0 Å². The highest BCUT2D eigenvalue weighted by atomic mass is 16.5. The zero-order valence-corrected chi connectivity index (χ0v) is 13.5. The van der Waals surface area contributed by atoms with Gasteiger partial charge in [-0.25, -0.2) is 0 Å². The lowest BCUT2D eigenvalue weighted by atomic mass is 10.3. The number of guanidine groups is 1. The summed E-state index contributed by atoms with van der Waals surface area (Å²) in [6.07, 6.45) is 4.47. The molecule has 0 saturated carbocycles. The Hall–Kier alpha value is -0.850. The van der Waals surface area contributed by atoms with Crippen LogP contribution in [0.4, 0.5) is 0 Å². The van der Waals surface area contributed by atoms with Crippen LogP contribution in [-0.2, 0) is 14.2 Å². The van der Waals surface area contributed by atoms with Gasteiger partial charge in [0.25, 0.3) is 0 Å². The predicted octanol–water partition coefficient (Wildman–Crippen LogP) is 1.16. The first-order valence-electron chi connectivity index (χ1n) is 8.08. The van der Waals surface area contributed by atoms with Crippen LogP contribution in [-0.4, -0.2) is 65.2 Å². The molecule has 6 nitrogen and oxygen atoms in total. The number of hydrogen-bond donors (Lipinski definition) is 2. The third kappa shape index (κ3) is 9.66. The SMILES string of the molecule is CCOCCCCNC(=NC)NCCCOC1CCOC1. The Balaban J connectivity index is 1.90. The van der Waals surface area contributed by atoms with Gasteiger partial charge in [0.15, 0.2) is 5.96 Å². The molecule has 124 valence electrons. The largest absolute Gasteiger partial charge is 0.382 e. The molecule has 0 radical (unpaired) electrons. The molecule has 1 fully saturated rings. The Kier molecular flexibility index (Phi) is 11.1. The van der Waals surface area contributed by atoms with E-state index < -0.39 is 0 Å². The van der Waals surface area contributed by atoms with Crippen molar-refractivity contribution in [1.82, 2.24) is 10.6 Å². The number of aliphatic imine (C=N–C) groups is 1. The summed E-state index contributed by atoms with van der Waals surface area (Å²) in [6.45, 7) is 7.80. The first-order chi connectivity index (χ1) is 10.4. The molecule has 1 heterocycles. The molecule has 0 aromatic carbocycles. The van der Waals surface area contributed by atoms with Crippen LogP contribution >= 0.6 is 0 Å². The number of nitrogens with one attached hydrogen (secondary N) is 2. The van der Waals surface area contributed by atoms with E-state index in [4.69, 9.17) is 14.2 Å². The number of ether oxygens (including phenoxy) is 3. The summed E-state index contributed by atoms with van der Waals surface area (Å²) >= 11 is 0. The minimum Gasteiger partial charge on any atom is -0.382 e. The van der Waals surface area contributed by atoms with Gasteiger partial charge < -0.3 is 24.8 Å². The Bertz CT molecular complexity index is 269. The topological polar surface area (TPSA) is 64.1 Å². The standard InChI is InChI=1S/C15H31N3O3/c1-3-19-10-5-4-8-17-15(16-2)18-9-6-11-21-14-7-12-20-13-14/h14H,3-13H2,1-2H3,(H2,16,17,18). The van der Waals surface area contributed by atoms with E-state index in [0.29, 0.717) is 6.10 Å². The smallest absolute Gasteiger partial charge is 0.190 e. The molecule has 0 aromatic heterocycles. The van der Waals surface area contributed by atoms with Crippen LogP contribution in [0.3, 0.4) is 0 Å². The normalized spacial score (nSPS) is 19.0. The second kappa shape index (κ2) is 12.9. The zero-order chi connectivity index (χ0) is 15.2. The molecule has 1 aliphatic rings. The van der Waals surface area contributed by atoms with Crippen LogP contribution in [0.25, 0.3) is 0 Å². The summed E-state index contributed by atoms with van der Waals surface area (Å²) in [4.78, 5) is 4.20. The third-order valence-electron chi connectivity index (χ3n) is 3.29. The van der Waals surface area contributed by atoms with Crippen molar-refractivity contribution in [3.8, 4) is 0 Å². The van der Waals surface area contributed by atoms with E-state index in [1.165, 1.54) is 0 Å². The van der Waals surface area contributed by atoms with Crippen LogP contribution in [0, 0.1) is 0 Å².